The number of anilines is 2. The molecule has 0 saturated heterocycles. The van der Waals surface area contributed by atoms with E-state index in [9.17, 15) is 22.4 Å². The van der Waals surface area contributed by atoms with E-state index in [0.29, 0.717) is 4.88 Å². The molecular formula is C20H18FN3O5S2. The second-order valence-electron chi connectivity index (χ2n) is 6.18. The minimum atomic E-state index is -4.02. The molecule has 3 N–H and O–H groups in total. The van der Waals surface area contributed by atoms with Gasteiger partial charge in [0.2, 0.25) is 5.91 Å². The number of carbonyl (C=O) groups is 2. The number of amides is 2. The highest BCUT2D eigenvalue weighted by molar-refractivity contribution is 7.92. The Labute approximate surface area is 182 Å². The zero-order valence-corrected chi connectivity index (χ0v) is 17.8. The van der Waals surface area contributed by atoms with Crippen molar-refractivity contribution < 1.29 is 27.1 Å². The Morgan fingerprint density at radius 3 is 2.48 bits per heavy atom. The summed E-state index contributed by atoms with van der Waals surface area (Å²) in [5, 5.41) is 6.83. The van der Waals surface area contributed by atoms with Crippen molar-refractivity contribution in [3.63, 3.8) is 0 Å². The molecule has 0 aliphatic rings. The van der Waals surface area contributed by atoms with Crippen molar-refractivity contribution in [2.75, 3.05) is 23.7 Å². The molecule has 0 fully saturated rings. The average molecular weight is 464 g/mol. The molecule has 0 spiro atoms. The van der Waals surface area contributed by atoms with Crippen LogP contribution in [0.1, 0.15) is 9.67 Å². The van der Waals surface area contributed by atoms with Gasteiger partial charge in [-0.25, -0.2) is 12.8 Å². The lowest BCUT2D eigenvalue weighted by molar-refractivity contribution is -0.115. The monoisotopic (exact) mass is 463 g/mol. The quantitative estimate of drug-likeness (QED) is 0.475. The van der Waals surface area contributed by atoms with Crippen molar-refractivity contribution in [3.8, 4) is 5.75 Å². The molecule has 0 bridgehead atoms. The Hall–Kier alpha value is -3.44. The molecule has 162 valence electrons. The van der Waals surface area contributed by atoms with Gasteiger partial charge in [0.25, 0.3) is 15.9 Å². The van der Waals surface area contributed by atoms with Gasteiger partial charge in [-0.05, 0) is 53.9 Å². The highest BCUT2D eigenvalue weighted by Crippen LogP contribution is 2.30. The summed E-state index contributed by atoms with van der Waals surface area (Å²) < 4.78 is 45.8. The molecule has 3 aromatic rings. The van der Waals surface area contributed by atoms with Gasteiger partial charge in [0.15, 0.2) is 0 Å². The first-order chi connectivity index (χ1) is 14.8. The van der Waals surface area contributed by atoms with Gasteiger partial charge >= 0.3 is 0 Å². The van der Waals surface area contributed by atoms with Crippen LogP contribution < -0.4 is 20.1 Å². The normalized spacial score (nSPS) is 10.9. The van der Waals surface area contributed by atoms with E-state index in [2.05, 4.69) is 15.4 Å². The van der Waals surface area contributed by atoms with Crippen LogP contribution in [-0.4, -0.2) is 33.9 Å². The predicted octanol–water partition coefficient (Wildman–Crippen LogP) is 3.07. The SMILES string of the molecule is COc1ccc(NC(=O)CNC(=O)c2cccs2)cc1NS(=O)(=O)c1ccc(F)cc1. The first-order valence-electron chi connectivity index (χ1n) is 8.86. The zero-order chi connectivity index (χ0) is 22.4. The number of sulfonamides is 1. The number of halogens is 1. The molecule has 0 unspecified atom stereocenters. The average Bonchev–Trinajstić information content (AvgIpc) is 3.27. The van der Waals surface area contributed by atoms with E-state index in [-0.39, 0.29) is 34.5 Å². The Morgan fingerprint density at radius 2 is 1.84 bits per heavy atom. The standard InChI is InChI=1S/C20H18FN3O5S2/c1-29-17-9-6-14(23-19(25)12-22-20(26)18-3-2-10-30-18)11-16(17)24-31(27,28)15-7-4-13(21)5-8-15/h2-11,24H,12H2,1H3,(H,22,26)(H,23,25). The number of nitrogens with one attached hydrogen (secondary N) is 3. The molecule has 0 radical (unpaired) electrons. The number of carbonyl (C=O) groups excluding carboxylic acids is 2. The maximum Gasteiger partial charge on any atom is 0.262 e. The van der Waals surface area contributed by atoms with Crippen molar-refractivity contribution >= 4 is 44.5 Å². The van der Waals surface area contributed by atoms with Crippen molar-refractivity contribution in [1.29, 1.82) is 0 Å². The molecule has 3 rings (SSSR count). The van der Waals surface area contributed by atoms with Crippen LogP contribution in [0, 0.1) is 5.82 Å². The highest BCUT2D eigenvalue weighted by Gasteiger charge is 2.18. The van der Waals surface area contributed by atoms with Gasteiger partial charge in [0.05, 0.1) is 29.1 Å². The number of ether oxygens (including phenoxy) is 1. The van der Waals surface area contributed by atoms with Crippen LogP contribution in [0.15, 0.2) is 64.9 Å². The summed E-state index contributed by atoms with van der Waals surface area (Å²) in [7, 11) is -2.66. The third-order valence-corrected chi connectivity index (χ3v) is 6.26. The fourth-order valence-electron chi connectivity index (χ4n) is 2.54. The van der Waals surface area contributed by atoms with Gasteiger partial charge in [-0.1, -0.05) is 6.07 Å². The number of hydrogen-bond donors (Lipinski definition) is 3. The Morgan fingerprint density at radius 1 is 1.10 bits per heavy atom. The van der Waals surface area contributed by atoms with Crippen molar-refractivity contribution in [2.24, 2.45) is 0 Å². The molecule has 2 amide bonds. The van der Waals surface area contributed by atoms with E-state index < -0.39 is 21.7 Å². The minimum Gasteiger partial charge on any atom is -0.495 e. The maximum atomic E-state index is 13.1. The lowest BCUT2D eigenvalue weighted by atomic mass is 10.2. The number of hydrogen-bond acceptors (Lipinski definition) is 6. The van der Waals surface area contributed by atoms with E-state index >= 15 is 0 Å². The van der Waals surface area contributed by atoms with Gasteiger partial charge in [-0.3, -0.25) is 14.3 Å². The van der Waals surface area contributed by atoms with Gasteiger partial charge < -0.3 is 15.4 Å². The molecular weight excluding hydrogens is 445 g/mol. The third kappa shape index (κ3) is 5.80. The topological polar surface area (TPSA) is 114 Å². The van der Waals surface area contributed by atoms with Gasteiger partial charge in [0.1, 0.15) is 11.6 Å². The van der Waals surface area contributed by atoms with Crippen LogP contribution in [0.4, 0.5) is 15.8 Å². The van der Waals surface area contributed by atoms with E-state index in [4.69, 9.17) is 4.74 Å². The zero-order valence-electron chi connectivity index (χ0n) is 16.2. The third-order valence-electron chi connectivity index (χ3n) is 4.01. The van der Waals surface area contributed by atoms with Crippen LogP contribution >= 0.6 is 11.3 Å². The summed E-state index contributed by atoms with van der Waals surface area (Å²) in [6.45, 7) is -0.264. The maximum absolute atomic E-state index is 13.1. The summed E-state index contributed by atoms with van der Waals surface area (Å²) in [4.78, 5) is 24.4. The molecule has 2 aromatic carbocycles. The number of thiophene rings is 1. The largest absolute Gasteiger partial charge is 0.495 e. The summed E-state index contributed by atoms with van der Waals surface area (Å²) in [6.07, 6.45) is 0. The Bertz CT molecular complexity index is 1180. The molecule has 0 saturated carbocycles. The first kappa shape index (κ1) is 22.2. The van der Waals surface area contributed by atoms with Crippen LogP contribution in [0.2, 0.25) is 0 Å². The van der Waals surface area contributed by atoms with Crippen molar-refractivity contribution in [2.45, 2.75) is 4.90 Å². The smallest absolute Gasteiger partial charge is 0.262 e. The summed E-state index contributed by atoms with van der Waals surface area (Å²) >= 11 is 1.25. The lowest BCUT2D eigenvalue weighted by Crippen LogP contribution is -2.32. The fourth-order valence-corrected chi connectivity index (χ4v) is 4.24. The minimum absolute atomic E-state index is 0.0762. The fraction of sp³-hybridized carbons (Fsp3) is 0.100. The van der Waals surface area contributed by atoms with Crippen molar-refractivity contribution in [1.82, 2.24) is 5.32 Å². The van der Waals surface area contributed by atoms with Gasteiger partial charge in [-0.2, -0.15) is 0 Å². The number of methoxy groups -OCH3 is 1. The molecule has 0 aliphatic heterocycles. The van der Waals surface area contributed by atoms with E-state index in [1.165, 1.54) is 36.6 Å². The van der Waals surface area contributed by atoms with Gasteiger partial charge in [-0.15, -0.1) is 11.3 Å². The second kappa shape index (κ2) is 9.58. The summed E-state index contributed by atoms with van der Waals surface area (Å²) in [5.41, 5.74) is 0.361. The lowest BCUT2D eigenvalue weighted by Gasteiger charge is -2.14. The van der Waals surface area contributed by atoms with Crippen LogP contribution in [0.3, 0.4) is 0 Å². The Balaban J connectivity index is 1.70. The number of benzene rings is 2. The van der Waals surface area contributed by atoms with Crippen molar-refractivity contribution in [3.05, 3.63) is 70.7 Å². The summed E-state index contributed by atoms with van der Waals surface area (Å²) in [5.74, 6) is -1.21. The van der Waals surface area contributed by atoms with Crippen LogP contribution in [-0.2, 0) is 14.8 Å². The van der Waals surface area contributed by atoms with Crippen LogP contribution in [0.5, 0.6) is 5.75 Å². The van der Waals surface area contributed by atoms with Gasteiger partial charge in [0, 0.05) is 5.69 Å². The van der Waals surface area contributed by atoms with Crippen LogP contribution in [0.25, 0.3) is 0 Å². The highest BCUT2D eigenvalue weighted by atomic mass is 32.2. The molecule has 0 atom stereocenters. The molecule has 0 aliphatic carbocycles. The molecule has 8 nitrogen and oxygen atoms in total. The van der Waals surface area contributed by atoms with E-state index in [1.807, 2.05) is 0 Å². The molecule has 1 aromatic heterocycles. The number of rotatable bonds is 8. The van der Waals surface area contributed by atoms with E-state index in [0.717, 1.165) is 24.3 Å². The predicted molar refractivity (Wildman–Crippen MR) is 115 cm³/mol. The molecule has 11 heteroatoms. The summed E-state index contributed by atoms with van der Waals surface area (Å²) in [6, 6.07) is 12.1. The second-order valence-corrected chi connectivity index (χ2v) is 8.81. The molecule has 31 heavy (non-hydrogen) atoms. The van der Waals surface area contributed by atoms with E-state index in [1.54, 1.807) is 17.5 Å². The Kier molecular flexibility index (Phi) is 6.88. The first-order valence-corrected chi connectivity index (χ1v) is 11.2. The molecule has 1 heterocycles.